The summed E-state index contributed by atoms with van der Waals surface area (Å²) in [5, 5.41) is 3.03. The summed E-state index contributed by atoms with van der Waals surface area (Å²) >= 11 is 0. The highest BCUT2D eigenvalue weighted by atomic mass is 19.1. The van der Waals surface area contributed by atoms with E-state index in [1.807, 2.05) is 0 Å². The molecule has 1 aliphatic carbocycles. The molecule has 1 aromatic rings. The van der Waals surface area contributed by atoms with Crippen molar-refractivity contribution in [1.29, 1.82) is 0 Å². The van der Waals surface area contributed by atoms with Crippen molar-refractivity contribution in [3.63, 3.8) is 0 Å². The van der Waals surface area contributed by atoms with E-state index in [0.717, 1.165) is 19.3 Å². The first-order valence-corrected chi connectivity index (χ1v) is 6.65. The lowest BCUT2D eigenvalue weighted by atomic mass is 9.86. The number of carbonyl (C=O) groups excluding carboxylic acids is 1. The van der Waals surface area contributed by atoms with E-state index in [1.54, 1.807) is 19.1 Å². The first kappa shape index (κ1) is 13.1. The monoisotopic (exact) mass is 249 g/mol. The number of amides is 1. The molecule has 1 N–H and O–H groups in total. The average molecular weight is 249 g/mol. The van der Waals surface area contributed by atoms with E-state index in [4.69, 9.17) is 0 Å². The fourth-order valence-corrected chi connectivity index (χ4v) is 2.52. The number of hydrogen-bond acceptors (Lipinski definition) is 1. The maximum Gasteiger partial charge on any atom is 0.251 e. The minimum Gasteiger partial charge on any atom is -0.349 e. The third-order valence-corrected chi connectivity index (χ3v) is 3.86. The number of rotatable bonds is 2. The van der Waals surface area contributed by atoms with Crippen molar-refractivity contribution >= 4 is 5.91 Å². The SMILES string of the molecule is Cc1ccc(C(=O)N[C@H]2CCCC[C@H]2C)cc1F. The van der Waals surface area contributed by atoms with Gasteiger partial charge in [0.25, 0.3) is 5.91 Å². The molecule has 0 aliphatic heterocycles. The Labute approximate surface area is 108 Å². The second-order valence-corrected chi connectivity index (χ2v) is 5.31. The van der Waals surface area contributed by atoms with Crippen LogP contribution in [-0.4, -0.2) is 11.9 Å². The third kappa shape index (κ3) is 2.89. The van der Waals surface area contributed by atoms with Gasteiger partial charge in [0.15, 0.2) is 0 Å². The molecular weight excluding hydrogens is 229 g/mol. The Morgan fingerprint density at radius 1 is 1.33 bits per heavy atom. The Morgan fingerprint density at radius 3 is 2.72 bits per heavy atom. The van der Waals surface area contributed by atoms with Gasteiger partial charge in [-0.3, -0.25) is 4.79 Å². The van der Waals surface area contributed by atoms with E-state index < -0.39 is 0 Å². The van der Waals surface area contributed by atoms with E-state index in [2.05, 4.69) is 12.2 Å². The van der Waals surface area contributed by atoms with Gasteiger partial charge in [0.2, 0.25) is 0 Å². The minimum absolute atomic E-state index is 0.160. The molecule has 0 aromatic heterocycles. The predicted molar refractivity (Wildman–Crippen MR) is 70.0 cm³/mol. The number of carbonyl (C=O) groups is 1. The van der Waals surface area contributed by atoms with Crippen LogP contribution in [0.15, 0.2) is 18.2 Å². The molecule has 1 aromatic carbocycles. The second-order valence-electron chi connectivity index (χ2n) is 5.31. The van der Waals surface area contributed by atoms with Gasteiger partial charge in [-0.1, -0.05) is 25.8 Å². The van der Waals surface area contributed by atoms with Crippen LogP contribution in [0.25, 0.3) is 0 Å². The van der Waals surface area contributed by atoms with E-state index in [-0.39, 0.29) is 17.8 Å². The lowest BCUT2D eigenvalue weighted by Crippen LogP contribution is -2.41. The molecule has 1 amide bonds. The second kappa shape index (κ2) is 5.51. The topological polar surface area (TPSA) is 29.1 Å². The highest BCUT2D eigenvalue weighted by Gasteiger charge is 2.23. The van der Waals surface area contributed by atoms with Crippen LogP contribution < -0.4 is 5.32 Å². The van der Waals surface area contributed by atoms with Crippen molar-refractivity contribution in [2.45, 2.75) is 45.6 Å². The number of hydrogen-bond donors (Lipinski definition) is 1. The Hall–Kier alpha value is -1.38. The van der Waals surface area contributed by atoms with Gasteiger partial charge in [0, 0.05) is 11.6 Å². The van der Waals surface area contributed by atoms with Crippen molar-refractivity contribution in [1.82, 2.24) is 5.32 Å². The van der Waals surface area contributed by atoms with Crippen molar-refractivity contribution in [3.8, 4) is 0 Å². The van der Waals surface area contributed by atoms with E-state index in [0.29, 0.717) is 17.0 Å². The van der Waals surface area contributed by atoms with Crippen molar-refractivity contribution in [3.05, 3.63) is 35.1 Å². The van der Waals surface area contributed by atoms with Crippen molar-refractivity contribution in [2.75, 3.05) is 0 Å². The molecule has 0 spiro atoms. The molecule has 2 nitrogen and oxygen atoms in total. The summed E-state index contributed by atoms with van der Waals surface area (Å²) in [6, 6.07) is 4.88. The quantitative estimate of drug-likeness (QED) is 0.854. The van der Waals surface area contributed by atoms with Crippen LogP contribution in [0.3, 0.4) is 0 Å². The van der Waals surface area contributed by atoms with Gasteiger partial charge in [-0.2, -0.15) is 0 Å². The standard InChI is InChI=1S/C15H20FNO/c1-10-7-8-12(9-13(10)16)15(18)17-14-6-4-3-5-11(14)2/h7-9,11,14H,3-6H2,1-2H3,(H,17,18)/t11-,14+/m1/s1. The van der Waals surface area contributed by atoms with Gasteiger partial charge in [0.1, 0.15) is 5.82 Å². The number of aryl methyl sites for hydroxylation is 1. The number of halogens is 1. The first-order valence-electron chi connectivity index (χ1n) is 6.65. The van der Waals surface area contributed by atoms with Gasteiger partial charge in [-0.15, -0.1) is 0 Å². The van der Waals surface area contributed by atoms with Gasteiger partial charge in [-0.25, -0.2) is 4.39 Å². The summed E-state index contributed by atoms with van der Waals surface area (Å²) in [5.41, 5.74) is 0.980. The highest BCUT2D eigenvalue weighted by molar-refractivity contribution is 5.94. The molecule has 1 aliphatic rings. The maximum atomic E-state index is 13.4. The van der Waals surface area contributed by atoms with Crippen LogP contribution >= 0.6 is 0 Å². The third-order valence-electron chi connectivity index (χ3n) is 3.86. The lowest BCUT2D eigenvalue weighted by Gasteiger charge is -2.29. The Bertz CT molecular complexity index is 444. The summed E-state index contributed by atoms with van der Waals surface area (Å²) < 4.78 is 13.4. The van der Waals surface area contributed by atoms with E-state index in [9.17, 15) is 9.18 Å². The van der Waals surface area contributed by atoms with Gasteiger partial charge in [-0.05, 0) is 43.4 Å². The largest absolute Gasteiger partial charge is 0.349 e. The van der Waals surface area contributed by atoms with Gasteiger partial charge < -0.3 is 5.32 Å². The van der Waals surface area contributed by atoms with Crippen LogP contribution in [0.5, 0.6) is 0 Å². The lowest BCUT2D eigenvalue weighted by molar-refractivity contribution is 0.0910. The van der Waals surface area contributed by atoms with Gasteiger partial charge in [0.05, 0.1) is 0 Å². The average Bonchev–Trinajstić information content (AvgIpc) is 2.35. The molecule has 2 atom stereocenters. The van der Waals surface area contributed by atoms with E-state index in [1.165, 1.54) is 12.5 Å². The molecule has 3 heteroatoms. The molecule has 0 radical (unpaired) electrons. The van der Waals surface area contributed by atoms with E-state index >= 15 is 0 Å². The molecular formula is C15H20FNO. The fraction of sp³-hybridized carbons (Fsp3) is 0.533. The summed E-state index contributed by atoms with van der Waals surface area (Å²) in [4.78, 5) is 12.0. The van der Waals surface area contributed by atoms with Crippen LogP contribution in [0.2, 0.25) is 0 Å². The summed E-state index contributed by atoms with van der Waals surface area (Å²) in [5.74, 6) is 0.0324. The van der Waals surface area contributed by atoms with Crippen molar-refractivity contribution < 1.29 is 9.18 Å². The molecule has 0 heterocycles. The van der Waals surface area contributed by atoms with Crippen LogP contribution in [-0.2, 0) is 0 Å². The summed E-state index contributed by atoms with van der Waals surface area (Å²) in [7, 11) is 0. The smallest absolute Gasteiger partial charge is 0.251 e. The Kier molecular flexibility index (Phi) is 4.00. The first-order chi connectivity index (χ1) is 8.58. The summed E-state index contributed by atoms with van der Waals surface area (Å²) in [6.45, 7) is 3.86. The van der Waals surface area contributed by atoms with Crippen LogP contribution in [0.4, 0.5) is 4.39 Å². The molecule has 18 heavy (non-hydrogen) atoms. The van der Waals surface area contributed by atoms with Crippen molar-refractivity contribution in [2.24, 2.45) is 5.92 Å². The predicted octanol–water partition coefficient (Wildman–Crippen LogP) is 3.44. The molecule has 98 valence electrons. The minimum atomic E-state index is -0.320. The maximum absolute atomic E-state index is 13.4. The summed E-state index contributed by atoms with van der Waals surface area (Å²) in [6.07, 6.45) is 4.60. The molecule has 0 unspecified atom stereocenters. The zero-order chi connectivity index (χ0) is 13.1. The van der Waals surface area contributed by atoms with Crippen LogP contribution in [0, 0.1) is 18.7 Å². The number of nitrogens with one attached hydrogen (secondary N) is 1. The molecule has 1 saturated carbocycles. The normalized spacial score (nSPS) is 23.7. The van der Waals surface area contributed by atoms with Crippen LogP contribution in [0.1, 0.15) is 48.5 Å². The Balaban J connectivity index is 2.04. The zero-order valence-corrected chi connectivity index (χ0v) is 11.0. The molecule has 0 saturated heterocycles. The highest BCUT2D eigenvalue weighted by Crippen LogP contribution is 2.24. The fourth-order valence-electron chi connectivity index (χ4n) is 2.52. The van der Waals surface area contributed by atoms with Gasteiger partial charge >= 0.3 is 0 Å². The number of benzene rings is 1. The zero-order valence-electron chi connectivity index (χ0n) is 11.0. The molecule has 0 bridgehead atoms. The molecule has 2 rings (SSSR count). The Morgan fingerprint density at radius 2 is 2.06 bits per heavy atom. The molecule has 1 fully saturated rings.